The van der Waals surface area contributed by atoms with Crippen molar-refractivity contribution >= 4 is 69.6 Å². The van der Waals surface area contributed by atoms with Gasteiger partial charge in [0.2, 0.25) is 11.8 Å². The van der Waals surface area contributed by atoms with Crippen molar-refractivity contribution in [2.75, 3.05) is 38.1 Å². The fraction of sp³-hybridized carbons (Fsp3) is 0.333. The Hall–Kier alpha value is -4.74. The standard InChI is InChI=1S/C36H33Cl2N5O6/c1-41(2)21-9-5-19(6-10-21)39-40-20-7-11-22(12-8-20)43-31(45)26-16-15-24-27(29(26)32(43)46)18-35(37)33(47)42(3)34(48)36(35,38)30(24)25-14-13-23(49-4)17-28(25)44/h5-15,17,26-27,29-30,44H,16,18H2,1-4H3. The van der Waals surface area contributed by atoms with E-state index in [1.54, 1.807) is 36.4 Å². The van der Waals surface area contributed by atoms with Gasteiger partial charge in [0.15, 0.2) is 9.75 Å². The third kappa shape index (κ3) is 4.77. The summed E-state index contributed by atoms with van der Waals surface area (Å²) in [5.41, 5.74) is 3.46. The Morgan fingerprint density at radius 3 is 2.10 bits per heavy atom. The summed E-state index contributed by atoms with van der Waals surface area (Å²) in [6, 6.07) is 18.8. The quantitative estimate of drug-likeness (QED) is 0.143. The average molecular weight is 703 g/mol. The first-order valence-electron chi connectivity index (χ1n) is 15.8. The highest BCUT2D eigenvalue weighted by Crippen LogP contribution is 2.66. The van der Waals surface area contributed by atoms with Crippen LogP contribution in [0.1, 0.15) is 24.3 Å². The minimum Gasteiger partial charge on any atom is -0.508 e. The van der Waals surface area contributed by atoms with Gasteiger partial charge in [0.1, 0.15) is 11.5 Å². The maximum absolute atomic E-state index is 14.3. The number of benzene rings is 3. The molecule has 1 saturated carbocycles. The average Bonchev–Trinajstić information content (AvgIpc) is 3.42. The summed E-state index contributed by atoms with van der Waals surface area (Å²) < 4.78 is 5.26. The van der Waals surface area contributed by atoms with Crippen LogP contribution in [-0.4, -0.2) is 71.6 Å². The number of rotatable bonds is 6. The van der Waals surface area contributed by atoms with E-state index in [0.717, 1.165) is 10.6 Å². The van der Waals surface area contributed by atoms with Crippen molar-refractivity contribution in [2.24, 2.45) is 28.0 Å². The number of amides is 4. The van der Waals surface area contributed by atoms with Crippen molar-refractivity contribution in [1.29, 1.82) is 0 Å². The molecule has 3 fully saturated rings. The van der Waals surface area contributed by atoms with Crippen molar-refractivity contribution in [2.45, 2.75) is 28.5 Å². The van der Waals surface area contributed by atoms with E-state index in [0.29, 0.717) is 28.4 Å². The minimum atomic E-state index is -1.99. The Bertz CT molecular complexity index is 1960. The summed E-state index contributed by atoms with van der Waals surface area (Å²) in [5, 5.41) is 19.8. The van der Waals surface area contributed by atoms with Crippen LogP contribution in [-0.2, 0) is 19.2 Å². The monoisotopic (exact) mass is 701 g/mol. The van der Waals surface area contributed by atoms with Crippen molar-refractivity contribution in [3.8, 4) is 11.5 Å². The summed E-state index contributed by atoms with van der Waals surface area (Å²) in [4.78, 5) is 55.7. The topological polar surface area (TPSA) is 132 Å². The van der Waals surface area contributed by atoms with Gasteiger partial charge in [-0.25, -0.2) is 0 Å². The highest BCUT2D eigenvalue weighted by atomic mass is 35.5. The fourth-order valence-electron chi connectivity index (χ4n) is 7.84. The number of methoxy groups -OCH3 is 1. The number of carbonyl (C=O) groups is 4. The predicted octanol–water partition coefficient (Wildman–Crippen LogP) is 6.08. The van der Waals surface area contributed by atoms with Crippen LogP contribution >= 0.6 is 23.2 Å². The maximum atomic E-state index is 14.3. The molecule has 2 aliphatic carbocycles. The van der Waals surface area contributed by atoms with E-state index in [1.165, 1.54) is 25.1 Å². The Morgan fingerprint density at radius 1 is 0.878 bits per heavy atom. The number of hydrogen-bond donors (Lipinski definition) is 1. The van der Waals surface area contributed by atoms with E-state index in [9.17, 15) is 24.3 Å². The summed E-state index contributed by atoms with van der Waals surface area (Å²) in [6.45, 7) is 0. The van der Waals surface area contributed by atoms with Crippen molar-refractivity contribution in [1.82, 2.24) is 4.90 Å². The van der Waals surface area contributed by atoms with E-state index in [2.05, 4.69) is 10.2 Å². The number of allylic oxidation sites excluding steroid dienone is 2. The molecule has 4 aliphatic rings. The highest BCUT2D eigenvalue weighted by molar-refractivity contribution is 6.53. The minimum absolute atomic E-state index is 0.144. The lowest BCUT2D eigenvalue weighted by atomic mass is 9.56. The zero-order chi connectivity index (χ0) is 35.0. The lowest BCUT2D eigenvalue weighted by Gasteiger charge is -2.50. The fourth-order valence-corrected chi connectivity index (χ4v) is 8.85. The molecule has 0 aromatic heterocycles. The highest BCUT2D eigenvalue weighted by Gasteiger charge is 2.76. The number of imide groups is 2. The maximum Gasteiger partial charge on any atom is 0.253 e. The SMILES string of the molecule is COc1ccc(C2C3=CCC4C(=O)N(c5ccc(N=Nc6ccc(N(C)C)cc6)cc5)C(=O)C4C3CC3(Cl)C(=O)N(C)C(=O)C23Cl)c(O)c1. The van der Waals surface area contributed by atoms with Gasteiger partial charge in [-0.1, -0.05) is 17.7 Å². The molecule has 1 N–H and O–H groups in total. The number of alkyl halides is 2. The lowest BCUT2D eigenvalue weighted by molar-refractivity contribution is -0.138. The third-order valence-electron chi connectivity index (χ3n) is 10.3. The van der Waals surface area contributed by atoms with Gasteiger partial charge in [0, 0.05) is 44.4 Å². The number of phenolic OH excluding ortho intramolecular Hbond substituents is 1. The van der Waals surface area contributed by atoms with Gasteiger partial charge in [0.05, 0.1) is 36.0 Å². The van der Waals surface area contributed by atoms with Gasteiger partial charge in [-0.3, -0.25) is 29.0 Å². The van der Waals surface area contributed by atoms with Gasteiger partial charge < -0.3 is 14.7 Å². The second-order valence-corrected chi connectivity index (χ2v) is 14.3. The number of anilines is 2. The molecule has 6 atom stereocenters. The molecular formula is C36H33Cl2N5O6. The number of nitrogens with zero attached hydrogens (tertiary/aromatic N) is 5. The van der Waals surface area contributed by atoms with E-state index in [1.807, 2.05) is 49.3 Å². The summed E-state index contributed by atoms with van der Waals surface area (Å²) >= 11 is 14.4. The molecule has 7 rings (SSSR count). The van der Waals surface area contributed by atoms with Gasteiger partial charge >= 0.3 is 0 Å². The van der Waals surface area contributed by atoms with Crippen LogP contribution in [0.2, 0.25) is 0 Å². The summed E-state index contributed by atoms with van der Waals surface area (Å²) in [5.74, 6) is -5.42. The van der Waals surface area contributed by atoms with Crippen LogP contribution in [0.3, 0.4) is 0 Å². The van der Waals surface area contributed by atoms with E-state index in [4.69, 9.17) is 27.9 Å². The second-order valence-electron chi connectivity index (χ2n) is 13.1. The number of ether oxygens (including phenoxy) is 1. The van der Waals surface area contributed by atoms with Crippen molar-refractivity contribution in [3.63, 3.8) is 0 Å². The van der Waals surface area contributed by atoms with Crippen LogP contribution in [0.25, 0.3) is 0 Å². The Morgan fingerprint density at radius 2 is 1.51 bits per heavy atom. The smallest absolute Gasteiger partial charge is 0.253 e. The number of halogens is 2. The number of carbonyl (C=O) groups excluding carboxylic acids is 4. The summed E-state index contributed by atoms with van der Waals surface area (Å²) in [7, 11) is 6.68. The normalized spacial score (nSPS) is 29.2. The molecule has 2 heterocycles. The molecule has 2 saturated heterocycles. The van der Waals surface area contributed by atoms with Crippen molar-refractivity contribution < 1.29 is 29.0 Å². The van der Waals surface area contributed by atoms with Gasteiger partial charge in [-0.2, -0.15) is 10.2 Å². The molecule has 0 bridgehead atoms. The molecule has 3 aromatic carbocycles. The number of phenols is 1. The predicted molar refractivity (Wildman–Crippen MR) is 184 cm³/mol. The molecule has 11 nitrogen and oxygen atoms in total. The van der Waals surface area contributed by atoms with Gasteiger partial charge in [0.25, 0.3) is 11.8 Å². The molecule has 6 unspecified atom stereocenters. The van der Waals surface area contributed by atoms with Crippen LogP contribution < -0.4 is 14.5 Å². The van der Waals surface area contributed by atoms with E-state index >= 15 is 0 Å². The third-order valence-corrected chi connectivity index (χ3v) is 11.7. The lowest BCUT2D eigenvalue weighted by Crippen LogP contribution is -2.60. The zero-order valence-electron chi connectivity index (χ0n) is 27.1. The molecule has 0 spiro atoms. The molecule has 49 heavy (non-hydrogen) atoms. The molecule has 4 amide bonds. The van der Waals surface area contributed by atoms with Crippen LogP contribution in [0, 0.1) is 17.8 Å². The Kier molecular flexibility index (Phi) is 7.83. The molecule has 3 aromatic rings. The number of azo groups is 1. The number of aromatic hydroxyl groups is 1. The summed E-state index contributed by atoms with van der Waals surface area (Å²) in [6.07, 6.45) is 1.87. The largest absolute Gasteiger partial charge is 0.508 e. The van der Waals surface area contributed by atoms with E-state index < -0.39 is 51.1 Å². The number of fused-ring (bicyclic) bond motifs is 4. The Balaban J connectivity index is 1.22. The van der Waals surface area contributed by atoms with Crippen LogP contribution in [0.5, 0.6) is 11.5 Å². The number of hydrogen-bond acceptors (Lipinski definition) is 9. The van der Waals surface area contributed by atoms with Crippen LogP contribution in [0.4, 0.5) is 22.7 Å². The molecule has 2 aliphatic heterocycles. The van der Waals surface area contributed by atoms with Gasteiger partial charge in [-0.15, -0.1) is 23.2 Å². The first-order chi connectivity index (χ1) is 23.3. The van der Waals surface area contributed by atoms with Crippen LogP contribution in [0.15, 0.2) is 88.6 Å². The molecular weight excluding hydrogens is 669 g/mol. The first kappa shape index (κ1) is 32.8. The first-order valence-corrected chi connectivity index (χ1v) is 16.5. The van der Waals surface area contributed by atoms with Crippen molar-refractivity contribution in [3.05, 3.63) is 83.9 Å². The van der Waals surface area contributed by atoms with E-state index in [-0.39, 0.29) is 30.1 Å². The Labute approximate surface area is 292 Å². The molecule has 13 heteroatoms. The second kappa shape index (κ2) is 11.7. The molecule has 0 radical (unpaired) electrons. The zero-order valence-corrected chi connectivity index (χ0v) is 28.6. The molecule has 252 valence electrons. The van der Waals surface area contributed by atoms with Gasteiger partial charge in [-0.05, 0) is 73.4 Å². The number of likely N-dealkylation sites (tertiary alicyclic amines) is 1.